The van der Waals surface area contributed by atoms with Crippen LogP contribution in [0.25, 0.3) is 27.8 Å². The van der Waals surface area contributed by atoms with Crippen molar-refractivity contribution in [2.45, 2.75) is 6.54 Å². The Kier molecular flexibility index (Phi) is 4.13. The SMILES string of the molecule is COc1cc(-c2cnn(C)c2)cn2ncc(-c3cnn(Cc4ccccc4)c3)c12. The Bertz CT molecular complexity index is 1280. The highest BCUT2D eigenvalue weighted by atomic mass is 16.5. The molecule has 0 aliphatic rings. The Labute approximate surface area is 167 Å². The van der Waals surface area contributed by atoms with Gasteiger partial charge in [0.25, 0.3) is 0 Å². The molecule has 0 saturated carbocycles. The van der Waals surface area contributed by atoms with Crippen molar-refractivity contribution in [2.75, 3.05) is 7.11 Å². The van der Waals surface area contributed by atoms with Gasteiger partial charge in [0, 0.05) is 47.9 Å². The fourth-order valence-corrected chi connectivity index (χ4v) is 3.54. The summed E-state index contributed by atoms with van der Waals surface area (Å²) in [5.41, 5.74) is 6.12. The van der Waals surface area contributed by atoms with Gasteiger partial charge < -0.3 is 4.74 Å². The van der Waals surface area contributed by atoms with Gasteiger partial charge in [0.1, 0.15) is 11.3 Å². The molecule has 144 valence electrons. The van der Waals surface area contributed by atoms with Crippen LogP contribution in [-0.2, 0) is 13.6 Å². The van der Waals surface area contributed by atoms with Crippen molar-refractivity contribution in [1.29, 1.82) is 0 Å². The van der Waals surface area contributed by atoms with Crippen molar-refractivity contribution < 1.29 is 4.74 Å². The first-order valence-corrected chi connectivity index (χ1v) is 9.32. The van der Waals surface area contributed by atoms with E-state index in [0.717, 1.165) is 40.1 Å². The Morgan fingerprint density at radius 1 is 0.862 bits per heavy atom. The molecule has 0 N–H and O–H groups in total. The lowest BCUT2D eigenvalue weighted by atomic mass is 10.1. The fraction of sp³-hybridized carbons (Fsp3) is 0.136. The van der Waals surface area contributed by atoms with E-state index < -0.39 is 0 Å². The molecule has 7 heteroatoms. The van der Waals surface area contributed by atoms with Crippen LogP contribution >= 0.6 is 0 Å². The number of rotatable bonds is 5. The van der Waals surface area contributed by atoms with Gasteiger partial charge in [-0.1, -0.05) is 30.3 Å². The summed E-state index contributed by atoms with van der Waals surface area (Å²) in [5.74, 6) is 0.759. The quantitative estimate of drug-likeness (QED) is 0.464. The number of fused-ring (bicyclic) bond motifs is 1. The third-order valence-electron chi connectivity index (χ3n) is 4.97. The Balaban J connectivity index is 1.54. The second-order valence-electron chi connectivity index (χ2n) is 6.96. The molecule has 0 saturated heterocycles. The van der Waals surface area contributed by atoms with E-state index in [1.807, 2.05) is 77.7 Å². The van der Waals surface area contributed by atoms with Crippen LogP contribution in [0.2, 0.25) is 0 Å². The third kappa shape index (κ3) is 3.16. The summed E-state index contributed by atoms with van der Waals surface area (Å²) in [6.45, 7) is 0.725. The first-order valence-electron chi connectivity index (χ1n) is 9.32. The van der Waals surface area contributed by atoms with Gasteiger partial charge in [-0.2, -0.15) is 15.3 Å². The zero-order chi connectivity index (χ0) is 19.8. The summed E-state index contributed by atoms with van der Waals surface area (Å²) in [7, 11) is 3.58. The molecule has 7 nitrogen and oxygen atoms in total. The molecule has 0 radical (unpaired) electrons. The van der Waals surface area contributed by atoms with Crippen LogP contribution in [0.4, 0.5) is 0 Å². The summed E-state index contributed by atoms with van der Waals surface area (Å²) in [4.78, 5) is 0. The number of aromatic nitrogens is 6. The molecule has 0 aliphatic carbocycles. The lowest BCUT2D eigenvalue weighted by Gasteiger charge is -2.07. The van der Waals surface area contributed by atoms with Crippen molar-refractivity contribution >= 4 is 5.52 Å². The molecule has 4 heterocycles. The number of ether oxygens (including phenoxy) is 1. The number of benzene rings is 1. The van der Waals surface area contributed by atoms with E-state index in [1.165, 1.54) is 5.56 Å². The van der Waals surface area contributed by atoms with Gasteiger partial charge in [0.05, 0.1) is 32.2 Å². The highest BCUT2D eigenvalue weighted by Crippen LogP contribution is 2.34. The smallest absolute Gasteiger partial charge is 0.145 e. The number of aryl methyl sites for hydroxylation is 1. The number of hydrogen-bond donors (Lipinski definition) is 0. The fourth-order valence-electron chi connectivity index (χ4n) is 3.54. The van der Waals surface area contributed by atoms with Gasteiger partial charge in [-0.3, -0.25) is 9.36 Å². The van der Waals surface area contributed by atoms with Crippen LogP contribution < -0.4 is 4.74 Å². The third-order valence-corrected chi connectivity index (χ3v) is 4.97. The number of methoxy groups -OCH3 is 1. The molecule has 29 heavy (non-hydrogen) atoms. The van der Waals surface area contributed by atoms with E-state index in [2.05, 4.69) is 27.4 Å². The Morgan fingerprint density at radius 2 is 1.69 bits per heavy atom. The summed E-state index contributed by atoms with van der Waals surface area (Å²) in [5, 5.41) is 13.3. The maximum absolute atomic E-state index is 5.70. The van der Waals surface area contributed by atoms with Crippen LogP contribution in [0.15, 0.2) is 73.6 Å². The van der Waals surface area contributed by atoms with Crippen LogP contribution in [-0.4, -0.2) is 36.3 Å². The van der Waals surface area contributed by atoms with Crippen molar-refractivity contribution in [1.82, 2.24) is 29.2 Å². The second kappa shape index (κ2) is 6.94. The standard InChI is InChI=1S/C22H20N6O/c1-26-13-18(9-23-26)17-8-21(29-2)22-20(11-25-28(22)15-17)19-10-24-27(14-19)12-16-6-4-3-5-7-16/h3-11,13-15H,12H2,1-2H3. The molecule has 0 aliphatic heterocycles. The van der Waals surface area contributed by atoms with Crippen LogP contribution in [0.5, 0.6) is 5.75 Å². The molecule has 5 rings (SSSR count). The number of hydrogen-bond acceptors (Lipinski definition) is 4. The molecule has 0 spiro atoms. The van der Waals surface area contributed by atoms with E-state index in [0.29, 0.717) is 0 Å². The van der Waals surface area contributed by atoms with Crippen molar-refractivity contribution in [2.24, 2.45) is 7.05 Å². The van der Waals surface area contributed by atoms with E-state index in [9.17, 15) is 0 Å². The minimum Gasteiger partial charge on any atom is -0.494 e. The lowest BCUT2D eigenvalue weighted by Crippen LogP contribution is -1.99. The molecule has 0 atom stereocenters. The first kappa shape index (κ1) is 17.2. The molecule has 0 amide bonds. The summed E-state index contributed by atoms with van der Waals surface area (Å²) in [6.07, 6.45) is 11.6. The molecule has 0 bridgehead atoms. The lowest BCUT2D eigenvalue weighted by molar-refractivity contribution is 0.418. The highest BCUT2D eigenvalue weighted by Gasteiger charge is 2.16. The zero-order valence-electron chi connectivity index (χ0n) is 16.2. The molecule has 1 aromatic carbocycles. The molecule has 0 unspecified atom stereocenters. The van der Waals surface area contributed by atoms with Gasteiger partial charge in [-0.15, -0.1) is 0 Å². The topological polar surface area (TPSA) is 62.2 Å². The summed E-state index contributed by atoms with van der Waals surface area (Å²) in [6, 6.07) is 12.3. The molecular weight excluding hydrogens is 364 g/mol. The molecule has 0 fully saturated rings. The Hall–Kier alpha value is -3.87. The second-order valence-corrected chi connectivity index (χ2v) is 6.96. The highest BCUT2D eigenvalue weighted by molar-refractivity contribution is 5.85. The van der Waals surface area contributed by atoms with Crippen LogP contribution in [0.3, 0.4) is 0 Å². The minimum atomic E-state index is 0.725. The average molecular weight is 384 g/mol. The first-order chi connectivity index (χ1) is 14.2. The average Bonchev–Trinajstić information content (AvgIpc) is 3.47. The largest absolute Gasteiger partial charge is 0.494 e. The van der Waals surface area contributed by atoms with E-state index >= 15 is 0 Å². The van der Waals surface area contributed by atoms with Gasteiger partial charge in [-0.05, 0) is 11.6 Å². The predicted octanol–water partition coefficient (Wildman–Crippen LogP) is 3.66. The Morgan fingerprint density at radius 3 is 2.45 bits per heavy atom. The van der Waals surface area contributed by atoms with E-state index in [1.54, 1.807) is 11.8 Å². The van der Waals surface area contributed by atoms with Gasteiger partial charge in [0.15, 0.2) is 0 Å². The van der Waals surface area contributed by atoms with Gasteiger partial charge >= 0.3 is 0 Å². The summed E-state index contributed by atoms with van der Waals surface area (Å²) >= 11 is 0. The van der Waals surface area contributed by atoms with E-state index in [-0.39, 0.29) is 0 Å². The maximum Gasteiger partial charge on any atom is 0.145 e. The number of pyridine rings is 1. The minimum absolute atomic E-state index is 0.725. The monoisotopic (exact) mass is 384 g/mol. The molecule has 4 aromatic heterocycles. The normalized spacial score (nSPS) is 11.2. The van der Waals surface area contributed by atoms with E-state index in [4.69, 9.17) is 4.74 Å². The number of nitrogens with zero attached hydrogens (tertiary/aromatic N) is 6. The van der Waals surface area contributed by atoms with Crippen LogP contribution in [0.1, 0.15) is 5.56 Å². The maximum atomic E-state index is 5.70. The molecule has 5 aromatic rings. The molecular formula is C22H20N6O. The predicted molar refractivity (Wildman–Crippen MR) is 111 cm³/mol. The van der Waals surface area contributed by atoms with Crippen LogP contribution in [0, 0.1) is 0 Å². The van der Waals surface area contributed by atoms with Gasteiger partial charge in [-0.25, -0.2) is 4.52 Å². The van der Waals surface area contributed by atoms with Gasteiger partial charge in [0.2, 0.25) is 0 Å². The van der Waals surface area contributed by atoms with Crippen molar-refractivity contribution in [3.8, 4) is 28.0 Å². The van der Waals surface area contributed by atoms with Crippen molar-refractivity contribution in [3.05, 3.63) is 79.1 Å². The van der Waals surface area contributed by atoms with Crippen molar-refractivity contribution in [3.63, 3.8) is 0 Å². The zero-order valence-corrected chi connectivity index (χ0v) is 16.2. The summed E-state index contributed by atoms with van der Waals surface area (Å²) < 4.78 is 11.3.